The smallest absolute Gasteiger partial charge is 0.329 e. The molecule has 0 radical (unpaired) electrons. The van der Waals surface area contributed by atoms with Crippen molar-refractivity contribution in [3.8, 4) is 11.5 Å². The van der Waals surface area contributed by atoms with Gasteiger partial charge in [0.15, 0.2) is 5.54 Å². The molecular formula is C22H37NO7. The zero-order valence-electron chi connectivity index (χ0n) is 19.2. The van der Waals surface area contributed by atoms with E-state index in [1.807, 2.05) is 37.8 Å². The van der Waals surface area contributed by atoms with E-state index in [0.29, 0.717) is 56.6 Å². The van der Waals surface area contributed by atoms with E-state index >= 15 is 0 Å². The van der Waals surface area contributed by atoms with Gasteiger partial charge >= 0.3 is 5.97 Å². The van der Waals surface area contributed by atoms with Gasteiger partial charge in [-0.15, -0.1) is 0 Å². The van der Waals surface area contributed by atoms with Gasteiger partial charge in [0.05, 0.1) is 33.0 Å². The first-order chi connectivity index (χ1) is 14.4. The van der Waals surface area contributed by atoms with Gasteiger partial charge < -0.3 is 28.8 Å². The second-order valence-electron chi connectivity index (χ2n) is 6.83. The summed E-state index contributed by atoms with van der Waals surface area (Å²) >= 11 is 0. The van der Waals surface area contributed by atoms with Crippen molar-refractivity contribution in [2.45, 2.75) is 32.7 Å². The second-order valence-corrected chi connectivity index (χ2v) is 6.83. The molecule has 0 aliphatic heterocycles. The Morgan fingerprint density at radius 3 is 1.83 bits per heavy atom. The van der Waals surface area contributed by atoms with Gasteiger partial charge in [-0.25, -0.2) is 4.79 Å². The average molecular weight is 428 g/mol. The molecule has 0 spiro atoms. The van der Waals surface area contributed by atoms with Crippen LogP contribution < -0.4 is 9.47 Å². The topological polar surface area (TPSA) is 86.7 Å². The molecule has 1 unspecified atom stereocenters. The van der Waals surface area contributed by atoms with Crippen LogP contribution >= 0.6 is 0 Å². The van der Waals surface area contributed by atoms with Crippen LogP contribution in [0.15, 0.2) is 12.1 Å². The van der Waals surface area contributed by atoms with Crippen LogP contribution in [0.5, 0.6) is 11.5 Å². The number of carboxylic acids is 1. The molecular weight excluding hydrogens is 390 g/mol. The molecule has 8 nitrogen and oxygen atoms in total. The van der Waals surface area contributed by atoms with Crippen LogP contribution in [0.1, 0.15) is 31.4 Å². The number of hydrogen-bond donors (Lipinski definition) is 1. The minimum absolute atomic E-state index is 0.201. The van der Waals surface area contributed by atoms with Crippen molar-refractivity contribution >= 4 is 5.97 Å². The first kappa shape index (κ1) is 26.2. The molecule has 1 aromatic carbocycles. The van der Waals surface area contributed by atoms with E-state index < -0.39 is 11.5 Å². The van der Waals surface area contributed by atoms with Crippen LogP contribution in [0.2, 0.25) is 0 Å². The Kier molecular flexibility index (Phi) is 11.7. The van der Waals surface area contributed by atoms with Gasteiger partial charge in [-0.2, -0.15) is 0 Å². The Labute approximate surface area is 180 Å². The molecule has 1 atom stereocenters. The third-order valence-electron chi connectivity index (χ3n) is 5.04. The maximum absolute atomic E-state index is 13.0. The van der Waals surface area contributed by atoms with E-state index in [1.54, 1.807) is 7.11 Å². The molecule has 0 fully saturated rings. The van der Waals surface area contributed by atoms with Crippen molar-refractivity contribution in [2.24, 2.45) is 0 Å². The molecule has 1 rings (SSSR count). The highest BCUT2D eigenvalue weighted by Gasteiger charge is 2.49. The molecule has 1 N–H and O–H groups in total. The summed E-state index contributed by atoms with van der Waals surface area (Å²) in [4.78, 5) is 14.8. The summed E-state index contributed by atoms with van der Waals surface area (Å²) in [5, 5.41) is 10.6. The Hall–Kier alpha value is -1.87. The van der Waals surface area contributed by atoms with Crippen molar-refractivity contribution < 1.29 is 33.6 Å². The minimum Gasteiger partial charge on any atom is -0.496 e. The SMILES string of the molecule is CCOCCN(CCOCC)C(CCOC)(C(=O)O)c1c(OC)cc(C)cc1OC. The molecule has 0 aliphatic rings. The summed E-state index contributed by atoms with van der Waals surface area (Å²) in [6.07, 6.45) is 0.201. The summed E-state index contributed by atoms with van der Waals surface area (Å²) in [5.74, 6) is -0.0839. The maximum Gasteiger partial charge on any atom is 0.329 e. The van der Waals surface area contributed by atoms with Crippen molar-refractivity contribution in [1.29, 1.82) is 0 Å². The molecule has 172 valence electrons. The van der Waals surface area contributed by atoms with Crippen LogP contribution in [0.4, 0.5) is 0 Å². The van der Waals surface area contributed by atoms with Gasteiger partial charge in [-0.05, 0) is 38.5 Å². The molecule has 0 saturated heterocycles. The number of aryl methyl sites for hydroxylation is 1. The lowest BCUT2D eigenvalue weighted by Crippen LogP contribution is -2.55. The van der Waals surface area contributed by atoms with E-state index in [1.165, 1.54) is 14.2 Å². The Bertz CT molecular complexity index is 617. The standard InChI is InChI=1S/C22H37NO7/c1-7-29-13-10-23(11-14-30-8-2)22(21(24)25,9-12-26-4)20-18(27-5)15-17(3)16-19(20)28-6/h15-16H,7-14H2,1-6H3,(H,24,25). The van der Waals surface area contributed by atoms with Crippen molar-refractivity contribution in [3.05, 3.63) is 23.3 Å². The normalized spacial score (nSPS) is 13.3. The lowest BCUT2D eigenvalue weighted by Gasteiger charge is -2.42. The van der Waals surface area contributed by atoms with E-state index in [4.69, 9.17) is 23.7 Å². The third-order valence-corrected chi connectivity index (χ3v) is 5.04. The van der Waals surface area contributed by atoms with Crippen LogP contribution in [0.3, 0.4) is 0 Å². The van der Waals surface area contributed by atoms with Crippen LogP contribution in [-0.4, -0.2) is 83.4 Å². The summed E-state index contributed by atoms with van der Waals surface area (Å²) in [7, 11) is 4.62. The van der Waals surface area contributed by atoms with Gasteiger partial charge in [0, 0.05) is 46.4 Å². The number of nitrogens with zero attached hydrogens (tertiary/aromatic N) is 1. The molecule has 0 amide bonds. The fourth-order valence-corrected chi connectivity index (χ4v) is 3.62. The monoisotopic (exact) mass is 427 g/mol. The summed E-state index contributed by atoms with van der Waals surface area (Å²) in [6.45, 7) is 8.65. The summed E-state index contributed by atoms with van der Waals surface area (Å²) in [6, 6.07) is 3.65. The Balaban J connectivity index is 3.69. The zero-order chi connectivity index (χ0) is 22.6. The molecule has 0 aliphatic carbocycles. The summed E-state index contributed by atoms with van der Waals surface area (Å²) in [5.41, 5.74) is -0.0708. The molecule has 0 heterocycles. The van der Waals surface area contributed by atoms with Gasteiger partial charge in [-0.1, -0.05) is 0 Å². The van der Waals surface area contributed by atoms with Crippen LogP contribution in [-0.2, 0) is 24.5 Å². The fraction of sp³-hybridized carbons (Fsp3) is 0.682. The second kappa shape index (κ2) is 13.4. The molecule has 0 bridgehead atoms. The molecule has 0 aromatic heterocycles. The number of aliphatic carboxylic acids is 1. The zero-order valence-corrected chi connectivity index (χ0v) is 19.2. The quantitative estimate of drug-likeness (QED) is 0.403. The number of methoxy groups -OCH3 is 3. The highest BCUT2D eigenvalue weighted by atomic mass is 16.5. The number of rotatable bonds is 16. The van der Waals surface area contributed by atoms with E-state index in [9.17, 15) is 9.90 Å². The lowest BCUT2D eigenvalue weighted by molar-refractivity contribution is -0.156. The Morgan fingerprint density at radius 1 is 0.967 bits per heavy atom. The fourth-order valence-electron chi connectivity index (χ4n) is 3.62. The first-order valence-electron chi connectivity index (χ1n) is 10.3. The van der Waals surface area contributed by atoms with Gasteiger partial charge in [0.2, 0.25) is 0 Å². The molecule has 1 aromatic rings. The molecule has 0 saturated carbocycles. The van der Waals surface area contributed by atoms with Gasteiger partial charge in [-0.3, -0.25) is 4.90 Å². The number of benzene rings is 1. The van der Waals surface area contributed by atoms with Crippen molar-refractivity contribution in [2.75, 3.05) is 67.5 Å². The van der Waals surface area contributed by atoms with Crippen molar-refractivity contribution in [3.63, 3.8) is 0 Å². The predicted octanol–water partition coefficient (Wildman–Crippen LogP) is 2.70. The highest BCUT2D eigenvalue weighted by molar-refractivity contribution is 5.83. The van der Waals surface area contributed by atoms with E-state index in [2.05, 4.69) is 0 Å². The van der Waals surface area contributed by atoms with Crippen LogP contribution in [0.25, 0.3) is 0 Å². The first-order valence-corrected chi connectivity index (χ1v) is 10.3. The highest BCUT2D eigenvalue weighted by Crippen LogP contribution is 2.44. The average Bonchev–Trinajstić information content (AvgIpc) is 2.73. The minimum atomic E-state index is -1.45. The number of carbonyl (C=O) groups is 1. The molecule has 8 heteroatoms. The summed E-state index contributed by atoms with van der Waals surface area (Å²) < 4.78 is 27.7. The number of carboxylic acid groups (broad SMARTS) is 1. The third kappa shape index (κ3) is 6.31. The number of hydrogen-bond acceptors (Lipinski definition) is 7. The van der Waals surface area contributed by atoms with Gasteiger partial charge in [0.25, 0.3) is 0 Å². The number of ether oxygens (including phenoxy) is 5. The Morgan fingerprint density at radius 2 is 1.47 bits per heavy atom. The molecule has 30 heavy (non-hydrogen) atoms. The largest absolute Gasteiger partial charge is 0.496 e. The lowest BCUT2D eigenvalue weighted by atomic mass is 9.82. The van der Waals surface area contributed by atoms with Crippen molar-refractivity contribution in [1.82, 2.24) is 4.90 Å². The van der Waals surface area contributed by atoms with Crippen LogP contribution in [0, 0.1) is 6.92 Å². The predicted molar refractivity (Wildman–Crippen MR) is 115 cm³/mol. The van der Waals surface area contributed by atoms with Gasteiger partial charge in [0.1, 0.15) is 11.5 Å². The maximum atomic E-state index is 13.0. The van der Waals surface area contributed by atoms with E-state index in [-0.39, 0.29) is 13.0 Å². The van der Waals surface area contributed by atoms with E-state index in [0.717, 1.165) is 5.56 Å².